The Balaban J connectivity index is 1.93. The van der Waals surface area contributed by atoms with Gasteiger partial charge in [0, 0.05) is 17.5 Å². The minimum absolute atomic E-state index is 0.125. The number of methoxy groups -OCH3 is 2. The first kappa shape index (κ1) is 24.6. The lowest BCUT2D eigenvalue weighted by Gasteiger charge is -2.28. The van der Waals surface area contributed by atoms with E-state index in [9.17, 15) is 9.59 Å². The first-order valence-electron chi connectivity index (χ1n) is 11.5. The fourth-order valence-electron chi connectivity index (χ4n) is 4.15. The van der Waals surface area contributed by atoms with Crippen LogP contribution >= 0.6 is 0 Å². The van der Waals surface area contributed by atoms with E-state index in [1.807, 2.05) is 58.0 Å². The predicted molar refractivity (Wildman–Crippen MR) is 127 cm³/mol. The second-order valence-corrected chi connectivity index (χ2v) is 8.96. The number of rotatable bonds is 10. The van der Waals surface area contributed by atoms with Gasteiger partial charge in [-0.15, -0.1) is 0 Å². The highest BCUT2D eigenvalue weighted by atomic mass is 16.6. The van der Waals surface area contributed by atoms with Crippen LogP contribution in [-0.2, 0) is 16.0 Å². The van der Waals surface area contributed by atoms with Crippen molar-refractivity contribution in [1.82, 2.24) is 0 Å². The number of aryl methyl sites for hydroxylation is 1. The first-order chi connectivity index (χ1) is 15.7. The summed E-state index contributed by atoms with van der Waals surface area (Å²) in [5.74, 6) is 1.36. The third-order valence-electron chi connectivity index (χ3n) is 6.10. The lowest BCUT2D eigenvalue weighted by atomic mass is 9.99. The Morgan fingerprint density at radius 3 is 2.30 bits per heavy atom. The van der Waals surface area contributed by atoms with Crippen molar-refractivity contribution in [2.45, 2.75) is 59.0 Å². The maximum Gasteiger partial charge on any atom is 0.309 e. The van der Waals surface area contributed by atoms with Crippen molar-refractivity contribution in [2.24, 2.45) is 5.92 Å². The molecule has 0 atom stereocenters. The van der Waals surface area contributed by atoms with Crippen molar-refractivity contribution in [3.63, 3.8) is 0 Å². The maximum atomic E-state index is 12.5. The predicted octanol–water partition coefficient (Wildman–Crippen LogP) is 5.64. The number of hydrogen-bond acceptors (Lipinski definition) is 6. The first-order valence-corrected chi connectivity index (χ1v) is 11.5. The summed E-state index contributed by atoms with van der Waals surface area (Å²) in [5.41, 5.74) is 2.73. The van der Waals surface area contributed by atoms with E-state index in [-0.39, 0.29) is 24.3 Å². The molecule has 3 rings (SSSR count). The lowest BCUT2D eigenvalue weighted by molar-refractivity contribution is -0.164. The molecule has 0 aromatic heterocycles. The summed E-state index contributed by atoms with van der Waals surface area (Å²) >= 11 is 0. The summed E-state index contributed by atoms with van der Waals surface area (Å²) in [5, 5.41) is 0. The number of carbonyl (C=O) groups excluding carboxylic acids is 2. The fraction of sp³-hybridized carbons (Fsp3) is 0.481. The highest BCUT2D eigenvalue weighted by Gasteiger charge is 2.29. The number of hydrogen-bond donors (Lipinski definition) is 0. The Bertz CT molecular complexity index is 1020. The van der Waals surface area contributed by atoms with Gasteiger partial charge in [0.05, 0.1) is 20.1 Å². The smallest absolute Gasteiger partial charge is 0.309 e. The molecule has 0 aliphatic heterocycles. The van der Waals surface area contributed by atoms with Crippen molar-refractivity contribution in [3.05, 3.63) is 41.5 Å². The third-order valence-corrected chi connectivity index (χ3v) is 6.10. The molecule has 0 heterocycles. The second kappa shape index (κ2) is 10.3. The number of ketones is 1. The van der Waals surface area contributed by atoms with Gasteiger partial charge in [-0.05, 0) is 56.4 Å². The van der Waals surface area contributed by atoms with Gasteiger partial charge in [0.1, 0.15) is 12.2 Å². The van der Waals surface area contributed by atoms with Gasteiger partial charge in [-0.25, -0.2) is 0 Å². The second-order valence-electron chi connectivity index (χ2n) is 8.96. The van der Waals surface area contributed by atoms with Gasteiger partial charge in [-0.1, -0.05) is 32.0 Å². The van der Waals surface area contributed by atoms with E-state index >= 15 is 0 Å². The SMILES string of the molecule is CCC(CC)C(=O)OC(C)(C)COc1c(-c2ccc3c(c2)CCC3=O)ccc(OC)c1OC. The highest BCUT2D eigenvalue weighted by Crippen LogP contribution is 2.45. The monoisotopic (exact) mass is 454 g/mol. The maximum absolute atomic E-state index is 12.5. The molecule has 0 saturated carbocycles. The van der Waals surface area contributed by atoms with Gasteiger partial charge in [0.15, 0.2) is 17.3 Å². The molecular weight excluding hydrogens is 420 g/mol. The molecule has 0 fully saturated rings. The third kappa shape index (κ3) is 5.32. The zero-order valence-corrected chi connectivity index (χ0v) is 20.4. The van der Waals surface area contributed by atoms with Crippen LogP contribution in [0.15, 0.2) is 30.3 Å². The van der Waals surface area contributed by atoms with Crippen LogP contribution in [0.3, 0.4) is 0 Å². The quantitative estimate of drug-likeness (QED) is 0.433. The number of fused-ring (bicyclic) bond motifs is 1. The molecule has 0 saturated heterocycles. The molecular formula is C27H34O6. The normalized spacial score (nSPS) is 13.1. The summed E-state index contributed by atoms with van der Waals surface area (Å²) in [7, 11) is 3.14. The molecule has 2 aromatic carbocycles. The molecule has 0 N–H and O–H groups in total. The Morgan fingerprint density at radius 2 is 1.67 bits per heavy atom. The summed E-state index contributed by atoms with van der Waals surface area (Å²) in [4.78, 5) is 24.6. The van der Waals surface area contributed by atoms with Crippen LogP contribution in [-0.4, -0.2) is 38.2 Å². The van der Waals surface area contributed by atoms with E-state index in [0.717, 1.165) is 41.5 Å². The van der Waals surface area contributed by atoms with Crippen molar-refractivity contribution in [1.29, 1.82) is 0 Å². The molecule has 0 radical (unpaired) electrons. The Labute approximate surface area is 196 Å². The van der Waals surface area contributed by atoms with Gasteiger partial charge < -0.3 is 18.9 Å². The molecule has 1 aliphatic carbocycles. The zero-order valence-electron chi connectivity index (χ0n) is 20.4. The summed E-state index contributed by atoms with van der Waals surface area (Å²) < 4.78 is 23.2. The van der Waals surface area contributed by atoms with Gasteiger partial charge >= 0.3 is 5.97 Å². The molecule has 2 aromatic rings. The summed E-state index contributed by atoms with van der Waals surface area (Å²) in [6, 6.07) is 9.58. The molecule has 0 unspecified atom stereocenters. The van der Waals surface area contributed by atoms with E-state index in [2.05, 4.69) is 0 Å². The highest BCUT2D eigenvalue weighted by molar-refractivity contribution is 6.01. The van der Waals surface area contributed by atoms with Crippen LogP contribution in [0.1, 0.15) is 62.9 Å². The van der Waals surface area contributed by atoms with E-state index in [4.69, 9.17) is 18.9 Å². The largest absolute Gasteiger partial charge is 0.493 e. The van der Waals surface area contributed by atoms with Gasteiger partial charge in [0.2, 0.25) is 5.75 Å². The van der Waals surface area contributed by atoms with Gasteiger partial charge in [-0.3, -0.25) is 9.59 Å². The number of Topliss-reactive ketones (excluding diaryl/α,β-unsaturated/α-hetero) is 1. The van der Waals surface area contributed by atoms with Crippen LogP contribution in [0.2, 0.25) is 0 Å². The minimum Gasteiger partial charge on any atom is -0.493 e. The standard InChI is InChI=1S/C27H34O6/c1-7-17(8-2)26(29)33-27(3,4)16-32-24-21(12-14-23(30-5)25(24)31-6)19-9-11-20-18(15-19)10-13-22(20)28/h9,11-12,14-15,17H,7-8,10,13,16H2,1-6H3. The molecule has 0 spiro atoms. The van der Waals surface area contributed by atoms with E-state index in [1.54, 1.807) is 14.2 Å². The van der Waals surface area contributed by atoms with Crippen LogP contribution in [0.4, 0.5) is 0 Å². The van der Waals surface area contributed by atoms with E-state index in [0.29, 0.717) is 23.7 Å². The Morgan fingerprint density at radius 1 is 0.970 bits per heavy atom. The number of ether oxygens (including phenoxy) is 4. The van der Waals surface area contributed by atoms with E-state index < -0.39 is 5.60 Å². The van der Waals surface area contributed by atoms with Crippen molar-refractivity contribution < 1.29 is 28.5 Å². The molecule has 6 nitrogen and oxygen atoms in total. The average molecular weight is 455 g/mol. The molecule has 33 heavy (non-hydrogen) atoms. The topological polar surface area (TPSA) is 71.1 Å². The van der Waals surface area contributed by atoms with Crippen molar-refractivity contribution in [2.75, 3.05) is 20.8 Å². The number of esters is 1. The lowest BCUT2D eigenvalue weighted by Crippen LogP contribution is -2.37. The van der Waals surface area contributed by atoms with Gasteiger partial charge in [0.25, 0.3) is 0 Å². The summed E-state index contributed by atoms with van der Waals surface area (Å²) in [6.07, 6.45) is 2.76. The zero-order chi connectivity index (χ0) is 24.2. The molecule has 0 amide bonds. The molecule has 6 heteroatoms. The molecule has 178 valence electrons. The van der Waals surface area contributed by atoms with Crippen molar-refractivity contribution >= 4 is 11.8 Å². The van der Waals surface area contributed by atoms with Crippen LogP contribution in [0, 0.1) is 5.92 Å². The number of benzene rings is 2. The Hall–Kier alpha value is -3.02. The number of carbonyl (C=O) groups is 2. The van der Waals surface area contributed by atoms with Crippen LogP contribution in [0.25, 0.3) is 11.1 Å². The summed E-state index contributed by atoms with van der Waals surface area (Å²) in [6.45, 7) is 7.77. The van der Waals surface area contributed by atoms with Crippen LogP contribution in [0.5, 0.6) is 17.2 Å². The van der Waals surface area contributed by atoms with Crippen LogP contribution < -0.4 is 14.2 Å². The van der Waals surface area contributed by atoms with Gasteiger partial charge in [-0.2, -0.15) is 0 Å². The molecule has 1 aliphatic rings. The Kier molecular flexibility index (Phi) is 7.67. The minimum atomic E-state index is -0.838. The van der Waals surface area contributed by atoms with Crippen molar-refractivity contribution in [3.8, 4) is 28.4 Å². The average Bonchev–Trinajstić information content (AvgIpc) is 3.17. The van der Waals surface area contributed by atoms with E-state index in [1.165, 1.54) is 0 Å². The fourth-order valence-corrected chi connectivity index (χ4v) is 4.15. The molecule has 0 bridgehead atoms.